The lowest BCUT2D eigenvalue weighted by Gasteiger charge is -2.11. The zero-order valence-corrected chi connectivity index (χ0v) is 13.6. The van der Waals surface area contributed by atoms with E-state index in [4.69, 9.17) is 0 Å². The normalized spacial score (nSPS) is 17.5. The van der Waals surface area contributed by atoms with E-state index in [1.165, 1.54) is 0 Å². The van der Waals surface area contributed by atoms with Crippen LogP contribution in [0.25, 0.3) is 0 Å². The van der Waals surface area contributed by atoms with E-state index in [1.54, 1.807) is 0 Å². The summed E-state index contributed by atoms with van der Waals surface area (Å²) in [6.45, 7) is 2.93. The Balaban J connectivity index is 1.73. The fraction of sp³-hybridized carbons (Fsp3) is 0.467. The van der Waals surface area contributed by atoms with Gasteiger partial charge in [0.2, 0.25) is 11.8 Å². The molecule has 1 aliphatic rings. The first-order valence-electron chi connectivity index (χ1n) is 7.10. The maximum absolute atomic E-state index is 11.8. The summed E-state index contributed by atoms with van der Waals surface area (Å²) in [5.41, 5.74) is 1.77. The van der Waals surface area contributed by atoms with Crippen molar-refractivity contribution in [3.8, 4) is 0 Å². The lowest BCUT2D eigenvalue weighted by molar-refractivity contribution is -0.124. The maximum atomic E-state index is 11.8. The molecule has 0 aromatic heterocycles. The first-order chi connectivity index (χ1) is 10.0. The van der Waals surface area contributed by atoms with Gasteiger partial charge in [0.25, 0.3) is 0 Å². The van der Waals surface area contributed by atoms with Crippen molar-refractivity contribution in [3.63, 3.8) is 0 Å². The molecule has 21 heavy (non-hydrogen) atoms. The summed E-state index contributed by atoms with van der Waals surface area (Å²) in [6.07, 6.45) is 2.57. The number of halogens is 1. The number of hydrogen-bond acceptors (Lipinski definition) is 3. The van der Waals surface area contributed by atoms with Crippen LogP contribution < -0.4 is 16.0 Å². The molecule has 5 nitrogen and oxygen atoms in total. The Morgan fingerprint density at radius 1 is 1.38 bits per heavy atom. The highest BCUT2D eigenvalue weighted by Crippen LogP contribution is 2.19. The highest BCUT2D eigenvalue weighted by molar-refractivity contribution is 9.10. The molecular weight excluding hydrogens is 334 g/mol. The van der Waals surface area contributed by atoms with Gasteiger partial charge in [-0.05, 0) is 50.1 Å². The number of aryl methyl sites for hydroxylation is 1. The predicted octanol–water partition coefficient (Wildman–Crippen LogP) is 1.95. The van der Waals surface area contributed by atoms with Crippen molar-refractivity contribution >= 4 is 33.4 Å². The molecule has 114 valence electrons. The van der Waals surface area contributed by atoms with Crippen molar-refractivity contribution in [2.45, 2.75) is 32.2 Å². The van der Waals surface area contributed by atoms with E-state index in [9.17, 15) is 9.59 Å². The fourth-order valence-electron chi connectivity index (χ4n) is 2.33. The zero-order valence-electron chi connectivity index (χ0n) is 12.0. The van der Waals surface area contributed by atoms with Crippen molar-refractivity contribution < 1.29 is 9.59 Å². The molecule has 0 radical (unpaired) electrons. The molecule has 2 amide bonds. The summed E-state index contributed by atoms with van der Waals surface area (Å²) < 4.78 is 0.998. The Hall–Kier alpha value is -1.40. The zero-order chi connectivity index (χ0) is 15.2. The molecule has 1 heterocycles. The molecule has 1 saturated heterocycles. The molecule has 0 aliphatic carbocycles. The molecule has 3 N–H and O–H groups in total. The second kappa shape index (κ2) is 7.56. The van der Waals surface area contributed by atoms with Crippen molar-refractivity contribution in [1.29, 1.82) is 0 Å². The van der Waals surface area contributed by atoms with Crippen LogP contribution in [-0.4, -0.2) is 30.9 Å². The number of carbonyl (C=O) groups is 2. The van der Waals surface area contributed by atoms with Gasteiger partial charge in [-0.25, -0.2) is 0 Å². The molecule has 1 atom stereocenters. The topological polar surface area (TPSA) is 70.2 Å². The number of anilines is 1. The van der Waals surface area contributed by atoms with Gasteiger partial charge in [-0.15, -0.1) is 0 Å². The van der Waals surface area contributed by atoms with Crippen LogP contribution >= 0.6 is 15.9 Å². The predicted molar refractivity (Wildman–Crippen MR) is 86.2 cm³/mol. The van der Waals surface area contributed by atoms with E-state index >= 15 is 0 Å². The first-order valence-corrected chi connectivity index (χ1v) is 7.90. The van der Waals surface area contributed by atoms with Crippen LogP contribution in [-0.2, 0) is 9.59 Å². The molecular formula is C15H20BrN3O2. The molecule has 0 bridgehead atoms. The van der Waals surface area contributed by atoms with Gasteiger partial charge in [0, 0.05) is 22.6 Å². The molecule has 1 aromatic carbocycles. The minimum atomic E-state index is -0.218. The van der Waals surface area contributed by atoms with E-state index < -0.39 is 0 Å². The lowest BCUT2D eigenvalue weighted by Crippen LogP contribution is -2.36. The second-order valence-electron chi connectivity index (χ2n) is 5.29. The van der Waals surface area contributed by atoms with Gasteiger partial charge in [-0.2, -0.15) is 0 Å². The highest BCUT2D eigenvalue weighted by Gasteiger charge is 2.17. The number of benzene rings is 1. The van der Waals surface area contributed by atoms with Gasteiger partial charge in [-0.3, -0.25) is 9.59 Å². The Morgan fingerprint density at radius 3 is 2.86 bits per heavy atom. The largest absolute Gasteiger partial charge is 0.347 e. The van der Waals surface area contributed by atoms with Crippen molar-refractivity contribution in [3.05, 3.63) is 28.2 Å². The third-order valence-corrected chi connectivity index (χ3v) is 4.37. The monoisotopic (exact) mass is 353 g/mol. The SMILES string of the molecule is Cc1cc(NC(=O)CNC(=O)CC2CCCN2)ccc1Br. The van der Waals surface area contributed by atoms with E-state index in [0.717, 1.165) is 35.1 Å². The van der Waals surface area contributed by atoms with E-state index in [-0.39, 0.29) is 24.4 Å². The minimum Gasteiger partial charge on any atom is -0.347 e. The molecule has 1 fully saturated rings. The van der Waals surface area contributed by atoms with Crippen LogP contribution in [0.4, 0.5) is 5.69 Å². The Labute approximate surface area is 133 Å². The van der Waals surface area contributed by atoms with E-state index in [1.807, 2.05) is 25.1 Å². The number of rotatable bonds is 5. The smallest absolute Gasteiger partial charge is 0.243 e. The summed E-state index contributed by atoms with van der Waals surface area (Å²) in [6, 6.07) is 5.84. The van der Waals surface area contributed by atoms with Crippen LogP contribution in [0.1, 0.15) is 24.8 Å². The van der Waals surface area contributed by atoms with Gasteiger partial charge in [0.15, 0.2) is 0 Å². The summed E-state index contributed by atoms with van der Waals surface area (Å²) in [5, 5.41) is 8.68. The van der Waals surface area contributed by atoms with Gasteiger partial charge in [0.05, 0.1) is 6.54 Å². The van der Waals surface area contributed by atoms with Crippen LogP contribution in [0.15, 0.2) is 22.7 Å². The van der Waals surface area contributed by atoms with Gasteiger partial charge < -0.3 is 16.0 Å². The van der Waals surface area contributed by atoms with Gasteiger partial charge in [-0.1, -0.05) is 15.9 Å². The van der Waals surface area contributed by atoms with Gasteiger partial charge >= 0.3 is 0 Å². The summed E-state index contributed by atoms with van der Waals surface area (Å²) in [4.78, 5) is 23.5. The van der Waals surface area contributed by atoms with Crippen molar-refractivity contribution in [2.24, 2.45) is 0 Å². The molecule has 1 aliphatic heterocycles. The number of nitrogens with one attached hydrogen (secondary N) is 3. The molecule has 0 spiro atoms. The standard InChI is InChI=1S/C15H20BrN3O2/c1-10-7-12(4-5-13(10)16)19-15(21)9-18-14(20)8-11-3-2-6-17-11/h4-5,7,11,17H,2-3,6,8-9H2,1H3,(H,18,20)(H,19,21). The lowest BCUT2D eigenvalue weighted by atomic mass is 10.1. The van der Waals surface area contributed by atoms with Gasteiger partial charge in [0.1, 0.15) is 0 Å². The first kappa shape index (κ1) is 16.0. The van der Waals surface area contributed by atoms with Crippen LogP contribution in [0.2, 0.25) is 0 Å². The third-order valence-electron chi connectivity index (χ3n) is 3.48. The summed E-state index contributed by atoms with van der Waals surface area (Å²) in [7, 11) is 0. The minimum absolute atomic E-state index is 0.000660. The average Bonchev–Trinajstić information content (AvgIpc) is 2.93. The number of amides is 2. The second-order valence-corrected chi connectivity index (χ2v) is 6.14. The van der Waals surface area contributed by atoms with Crippen molar-refractivity contribution in [1.82, 2.24) is 10.6 Å². The van der Waals surface area contributed by atoms with Crippen molar-refractivity contribution in [2.75, 3.05) is 18.4 Å². The molecule has 6 heteroatoms. The average molecular weight is 354 g/mol. The number of hydrogen-bond donors (Lipinski definition) is 3. The molecule has 2 rings (SSSR count). The summed E-state index contributed by atoms with van der Waals surface area (Å²) in [5.74, 6) is -0.305. The van der Waals surface area contributed by atoms with Crippen LogP contribution in [0, 0.1) is 6.92 Å². The summed E-state index contributed by atoms with van der Waals surface area (Å²) >= 11 is 3.41. The van der Waals surface area contributed by atoms with Crippen LogP contribution in [0.3, 0.4) is 0 Å². The Morgan fingerprint density at radius 2 is 2.19 bits per heavy atom. The molecule has 0 saturated carbocycles. The maximum Gasteiger partial charge on any atom is 0.243 e. The van der Waals surface area contributed by atoms with Crippen LogP contribution in [0.5, 0.6) is 0 Å². The fourth-order valence-corrected chi connectivity index (χ4v) is 2.58. The quantitative estimate of drug-likeness (QED) is 0.757. The Kier molecular flexibility index (Phi) is 5.76. The highest BCUT2D eigenvalue weighted by atomic mass is 79.9. The van der Waals surface area contributed by atoms with E-state index in [2.05, 4.69) is 31.9 Å². The number of carbonyl (C=O) groups excluding carboxylic acids is 2. The Bertz CT molecular complexity index is 528. The van der Waals surface area contributed by atoms with E-state index in [0.29, 0.717) is 6.42 Å². The third kappa shape index (κ3) is 5.13. The molecule has 1 aromatic rings. The molecule has 1 unspecified atom stereocenters.